The van der Waals surface area contributed by atoms with Crippen LogP contribution in [0.15, 0.2) is 40.9 Å². The molecular formula is C15H11BrF2O2. The van der Waals surface area contributed by atoms with Crippen LogP contribution in [-0.4, -0.2) is 5.11 Å². The van der Waals surface area contributed by atoms with Gasteiger partial charge in [0.15, 0.2) is 11.6 Å². The summed E-state index contributed by atoms with van der Waals surface area (Å²) in [5, 5.41) is 10.1. The number of halogens is 3. The average Bonchev–Trinajstić information content (AvgIpc) is 2.41. The summed E-state index contributed by atoms with van der Waals surface area (Å²) in [5.41, 5.74) is 1.21. The molecule has 2 atom stereocenters. The number of ether oxygens (including phenoxy) is 1. The van der Waals surface area contributed by atoms with E-state index in [1.54, 1.807) is 12.1 Å². The molecule has 1 unspecified atom stereocenters. The van der Waals surface area contributed by atoms with E-state index in [1.165, 1.54) is 6.07 Å². The second-order valence-corrected chi connectivity index (χ2v) is 5.63. The Hall–Kier alpha value is -1.46. The molecule has 0 radical (unpaired) electrons. The van der Waals surface area contributed by atoms with Gasteiger partial charge in [-0.25, -0.2) is 8.78 Å². The van der Waals surface area contributed by atoms with Crippen LogP contribution in [0, 0.1) is 11.6 Å². The van der Waals surface area contributed by atoms with Crippen molar-refractivity contribution in [2.45, 2.75) is 18.6 Å². The van der Waals surface area contributed by atoms with E-state index in [2.05, 4.69) is 15.9 Å². The molecule has 5 heteroatoms. The molecule has 0 aliphatic carbocycles. The summed E-state index contributed by atoms with van der Waals surface area (Å²) in [5.74, 6) is -1.26. The molecule has 0 aromatic heterocycles. The zero-order chi connectivity index (χ0) is 14.3. The van der Waals surface area contributed by atoms with Gasteiger partial charge in [-0.05, 0) is 29.8 Å². The van der Waals surface area contributed by atoms with Gasteiger partial charge in [-0.3, -0.25) is 0 Å². The van der Waals surface area contributed by atoms with Gasteiger partial charge in [0, 0.05) is 16.5 Å². The fraction of sp³-hybridized carbons (Fsp3) is 0.200. The summed E-state index contributed by atoms with van der Waals surface area (Å²) < 4.78 is 32.9. The predicted octanol–water partition coefficient (Wildman–Crippen LogP) is 4.28. The van der Waals surface area contributed by atoms with Gasteiger partial charge in [0.25, 0.3) is 0 Å². The molecule has 3 rings (SSSR count). The van der Waals surface area contributed by atoms with Crippen LogP contribution in [0.2, 0.25) is 0 Å². The lowest BCUT2D eigenvalue weighted by molar-refractivity contribution is 0.0655. The maximum atomic E-state index is 13.3. The molecular weight excluding hydrogens is 330 g/mol. The third-order valence-electron chi connectivity index (χ3n) is 3.36. The van der Waals surface area contributed by atoms with Crippen LogP contribution in [0.3, 0.4) is 0 Å². The predicted molar refractivity (Wildman–Crippen MR) is 73.4 cm³/mol. The minimum Gasteiger partial charge on any atom is -0.485 e. The lowest BCUT2D eigenvalue weighted by Gasteiger charge is -2.30. The van der Waals surface area contributed by atoms with Crippen LogP contribution in [0.1, 0.15) is 29.8 Å². The molecule has 2 aromatic carbocycles. The van der Waals surface area contributed by atoms with Crippen molar-refractivity contribution in [2.75, 3.05) is 0 Å². The van der Waals surface area contributed by atoms with Gasteiger partial charge >= 0.3 is 0 Å². The first-order chi connectivity index (χ1) is 9.54. The molecule has 1 heterocycles. The van der Waals surface area contributed by atoms with Crippen molar-refractivity contribution in [2.24, 2.45) is 0 Å². The van der Waals surface area contributed by atoms with Gasteiger partial charge in [-0.2, -0.15) is 0 Å². The van der Waals surface area contributed by atoms with Crippen molar-refractivity contribution >= 4 is 15.9 Å². The molecule has 2 nitrogen and oxygen atoms in total. The normalized spacial score (nSPS) is 21.2. The van der Waals surface area contributed by atoms with Crippen molar-refractivity contribution in [3.8, 4) is 5.75 Å². The Morgan fingerprint density at radius 2 is 1.90 bits per heavy atom. The van der Waals surface area contributed by atoms with Crippen LogP contribution < -0.4 is 4.74 Å². The molecule has 20 heavy (non-hydrogen) atoms. The van der Waals surface area contributed by atoms with Gasteiger partial charge in [-0.1, -0.05) is 28.1 Å². The molecule has 104 valence electrons. The average molecular weight is 341 g/mol. The first kappa shape index (κ1) is 13.5. The Kier molecular flexibility index (Phi) is 3.48. The SMILES string of the molecule is O[C@@H]1CC(c2ccc(F)c(F)c2)Oc2cc(Br)ccc21. The fourth-order valence-corrected chi connectivity index (χ4v) is 2.67. The maximum Gasteiger partial charge on any atom is 0.159 e. The van der Waals surface area contributed by atoms with Crippen molar-refractivity contribution in [1.29, 1.82) is 0 Å². The molecule has 1 aliphatic rings. The molecule has 0 saturated carbocycles. The molecule has 1 N–H and O–H groups in total. The Morgan fingerprint density at radius 1 is 1.10 bits per heavy atom. The second-order valence-electron chi connectivity index (χ2n) is 4.71. The lowest BCUT2D eigenvalue weighted by atomic mass is 9.95. The zero-order valence-electron chi connectivity index (χ0n) is 10.3. The van der Waals surface area contributed by atoms with Gasteiger partial charge in [0.2, 0.25) is 0 Å². The van der Waals surface area contributed by atoms with Crippen molar-refractivity contribution in [3.05, 3.63) is 63.6 Å². The van der Waals surface area contributed by atoms with E-state index in [-0.39, 0.29) is 0 Å². The second kappa shape index (κ2) is 5.14. The highest BCUT2D eigenvalue weighted by Crippen LogP contribution is 2.41. The summed E-state index contributed by atoms with van der Waals surface area (Å²) in [7, 11) is 0. The van der Waals surface area contributed by atoms with Crippen molar-refractivity contribution in [1.82, 2.24) is 0 Å². The Morgan fingerprint density at radius 3 is 2.65 bits per heavy atom. The van der Waals surface area contributed by atoms with E-state index in [0.717, 1.165) is 16.6 Å². The minimum atomic E-state index is -0.916. The van der Waals surface area contributed by atoms with E-state index in [9.17, 15) is 13.9 Å². The number of hydrogen-bond acceptors (Lipinski definition) is 2. The zero-order valence-corrected chi connectivity index (χ0v) is 11.9. The minimum absolute atomic E-state index is 0.305. The number of aliphatic hydroxyl groups is 1. The highest BCUT2D eigenvalue weighted by Gasteiger charge is 2.28. The third kappa shape index (κ3) is 2.43. The summed E-state index contributed by atoms with van der Waals surface area (Å²) in [4.78, 5) is 0. The van der Waals surface area contributed by atoms with E-state index >= 15 is 0 Å². The number of benzene rings is 2. The largest absolute Gasteiger partial charge is 0.485 e. The van der Waals surface area contributed by atoms with E-state index in [0.29, 0.717) is 23.3 Å². The Labute approximate surface area is 123 Å². The summed E-state index contributed by atoms with van der Waals surface area (Å²) in [6, 6.07) is 9.00. The highest BCUT2D eigenvalue weighted by atomic mass is 79.9. The quantitative estimate of drug-likeness (QED) is 0.839. The summed E-state index contributed by atoms with van der Waals surface area (Å²) >= 11 is 3.34. The van der Waals surface area contributed by atoms with Gasteiger partial charge in [0.05, 0.1) is 6.10 Å². The van der Waals surface area contributed by atoms with Gasteiger partial charge < -0.3 is 9.84 Å². The van der Waals surface area contributed by atoms with Crippen LogP contribution in [0.5, 0.6) is 5.75 Å². The molecule has 0 amide bonds. The van der Waals surface area contributed by atoms with E-state index in [1.807, 2.05) is 6.07 Å². The highest BCUT2D eigenvalue weighted by molar-refractivity contribution is 9.10. The van der Waals surface area contributed by atoms with Crippen LogP contribution in [-0.2, 0) is 0 Å². The van der Waals surface area contributed by atoms with Crippen LogP contribution >= 0.6 is 15.9 Å². The molecule has 2 aromatic rings. The Balaban J connectivity index is 1.96. The standard InChI is InChI=1S/C15H11BrF2O2/c16-9-2-3-10-13(19)7-14(20-15(10)6-9)8-1-4-11(17)12(18)5-8/h1-6,13-14,19H,7H2/t13-,14?/m1/s1. The lowest BCUT2D eigenvalue weighted by Crippen LogP contribution is -2.19. The molecule has 1 aliphatic heterocycles. The Bertz CT molecular complexity index is 660. The monoisotopic (exact) mass is 340 g/mol. The van der Waals surface area contributed by atoms with E-state index < -0.39 is 23.8 Å². The van der Waals surface area contributed by atoms with Crippen molar-refractivity contribution < 1.29 is 18.6 Å². The number of aliphatic hydroxyl groups excluding tert-OH is 1. The maximum absolute atomic E-state index is 13.3. The summed E-state index contributed by atoms with van der Waals surface area (Å²) in [6.07, 6.45) is -0.883. The number of fused-ring (bicyclic) bond motifs is 1. The molecule has 0 spiro atoms. The first-order valence-corrected chi connectivity index (χ1v) is 6.93. The topological polar surface area (TPSA) is 29.5 Å². The summed E-state index contributed by atoms with van der Waals surface area (Å²) in [6.45, 7) is 0. The van der Waals surface area contributed by atoms with Gasteiger partial charge in [0.1, 0.15) is 11.9 Å². The molecule has 0 fully saturated rings. The number of hydrogen-bond donors (Lipinski definition) is 1. The molecule has 0 saturated heterocycles. The van der Waals surface area contributed by atoms with Crippen molar-refractivity contribution in [3.63, 3.8) is 0 Å². The third-order valence-corrected chi connectivity index (χ3v) is 3.85. The fourth-order valence-electron chi connectivity index (χ4n) is 2.33. The van der Waals surface area contributed by atoms with Crippen LogP contribution in [0.4, 0.5) is 8.78 Å². The molecule has 0 bridgehead atoms. The van der Waals surface area contributed by atoms with Crippen LogP contribution in [0.25, 0.3) is 0 Å². The van der Waals surface area contributed by atoms with E-state index in [4.69, 9.17) is 4.74 Å². The smallest absolute Gasteiger partial charge is 0.159 e. The first-order valence-electron chi connectivity index (χ1n) is 6.13. The van der Waals surface area contributed by atoms with Gasteiger partial charge in [-0.15, -0.1) is 0 Å². The number of rotatable bonds is 1.